The lowest BCUT2D eigenvalue weighted by Crippen LogP contribution is -2.22. The Kier molecular flexibility index (Phi) is 6.32. The Morgan fingerprint density at radius 3 is 2.71 bits per heavy atom. The molecule has 1 aromatic heterocycles. The lowest BCUT2D eigenvalue weighted by atomic mass is 9.97. The number of ether oxygens (including phenoxy) is 1. The van der Waals surface area contributed by atoms with Crippen molar-refractivity contribution in [2.24, 2.45) is 0 Å². The van der Waals surface area contributed by atoms with E-state index in [-0.39, 0.29) is 17.3 Å². The predicted octanol–water partition coefficient (Wildman–Crippen LogP) is 4.04. The van der Waals surface area contributed by atoms with Crippen LogP contribution in [0.5, 0.6) is 0 Å². The molecule has 5 nitrogen and oxygen atoms in total. The SMILES string of the molecule is CCC(C)c1ccccc1NC(=O)COC(=O)c1cccnc1Cl. The summed E-state index contributed by atoms with van der Waals surface area (Å²) < 4.78 is 4.99. The second kappa shape index (κ2) is 8.45. The summed E-state index contributed by atoms with van der Waals surface area (Å²) in [7, 11) is 0. The Bertz CT molecular complexity index is 734. The molecule has 0 aliphatic carbocycles. The summed E-state index contributed by atoms with van der Waals surface area (Å²) in [5.74, 6) is -0.768. The monoisotopic (exact) mass is 346 g/mol. The normalized spacial score (nSPS) is 11.6. The summed E-state index contributed by atoms with van der Waals surface area (Å²) in [5, 5.41) is 2.83. The molecule has 0 radical (unpaired) electrons. The van der Waals surface area contributed by atoms with E-state index in [4.69, 9.17) is 16.3 Å². The molecule has 0 spiro atoms. The Morgan fingerprint density at radius 1 is 1.25 bits per heavy atom. The lowest BCUT2D eigenvalue weighted by molar-refractivity contribution is -0.119. The summed E-state index contributed by atoms with van der Waals surface area (Å²) in [6, 6.07) is 10.7. The zero-order valence-corrected chi connectivity index (χ0v) is 14.3. The second-order valence-electron chi connectivity index (χ2n) is 5.36. The first-order chi connectivity index (χ1) is 11.5. The van der Waals surface area contributed by atoms with Gasteiger partial charge in [0.15, 0.2) is 6.61 Å². The number of rotatable bonds is 6. The van der Waals surface area contributed by atoms with Gasteiger partial charge in [-0.1, -0.05) is 43.6 Å². The Balaban J connectivity index is 1.97. The van der Waals surface area contributed by atoms with E-state index in [2.05, 4.69) is 24.1 Å². The molecule has 0 bridgehead atoms. The highest BCUT2D eigenvalue weighted by Crippen LogP contribution is 2.26. The van der Waals surface area contributed by atoms with Crippen LogP contribution in [0, 0.1) is 0 Å². The Morgan fingerprint density at radius 2 is 2.00 bits per heavy atom. The van der Waals surface area contributed by atoms with Crippen molar-refractivity contribution in [1.82, 2.24) is 4.98 Å². The fourth-order valence-electron chi connectivity index (χ4n) is 2.19. The molecule has 2 rings (SSSR count). The minimum Gasteiger partial charge on any atom is -0.452 e. The molecule has 0 saturated carbocycles. The number of esters is 1. The van der Waals surface area contributed by atoms with Crippen LogP contribution in [0.4, 0.5) is 5.69 Å². The fraction of sp³-hybridized carbons (Fsp3) is 0.278. The third-order valence-electron chi connectivity index (χ3n) is 3.69. The van der Waals surface area contributed by atoms with Gasteiger partial charge >= 0.3 is 5.97 Å². The standard InChI is InChI=1S/C18H19ClN2O3/c1-3-12(2)13-7-4-5-9-15(13)21-16(22)11-24-18(23)14-8-6-10-20-17(14)19/h4-10,12H,3,11H2,1-2H3,(H,21,22). The number of para-hydroxylation sites is 1. The maximum Gasteiger partial charge on any atom is 0.341 e. The van der Waals surface area contributed by atoms with E-state index in [1.54, 1.807) is 6.07 Å². The van der Waals surface area contributed by atoms with Crippen molar-refractivity contribution in [2.45, 2.75) is 26.2 Å². The number of anilines is 1. The van der Waals surface area contributed by atoms with Crippen molar-refractivity contribution in [3.05, 3.63) is 58.9 Å². The van der Waals surface area contributed by atoms with E-state index in [1.165, 1.54) is 12.3 Å². The fourth-order valence-corrected chi connectivity index (χ4v) is 2.39. The molecule has 0 aliphatic rings. The van der Waals surface area contributed by atoms with E-state index in [9.17, 15) is 9.59 Å². The predicted molar refractivity (Wildman–Crippen MR) is 93.3 cm³/mol. The van der Waals surface area contributed by atoms with E-state index >= 15 is 0 Å². The highest BCUT2D eigenvalue weighted by molar-refractivity contribution is 6.32. The van der Waals surface area contributed by atoms with Crippen molar-refractivity contribution in [3.63, 3.8) is 0 Å². The van der Waals surface area contributed by atoms with E-state index in [1.807, 2.05) is 24.3 Å². The number of benzene rings is 1. The van der Waals surface area contributed by atoms with Gasteiger partial charge in [0.1, 0.15) is 5.15 Å². The molecule has 1 N–H and O–H groups in total. The highest BCUT2D eigenvalue weighted by Gasteiger charge is 2.15. The molecule has 0 aliphatic heterocycles. The second-order valence-corrected chi connectivity index (χ2v) is 5.72. The van der Waals surface area contributed by atoms with Crippen molar-refractivity contribution < 1.29 is 14.3 Å². The van der Waals surface area contributed by atoms with Crippen LogP contribution in [-0.2, 0) is 9.53 Å². The number of amides is 1. The van der Waals surface area contributed by atoms with Crippen LogP contribution in [0.25, 0.3) is 0 Å². The number of pyridine rings is 1. The molecule has 1 heterocycles. The molecule has 0 fully saturated rings. The molecule has 1 unspecified atom stereocenters. The average Bonchev–Trinajstić information content (AvgIpc) is 2.60. The van der Waals surface area contributed by atoms with Gasteiger partial charge in [-0.2, -0.15) is 0 Å². The molecule has 1 atom stereocenters. The zero-order valence-electron chi connectivity index (χ0n) is 13.6. The lowest BCUT2D eigenvalue weighted by Gasteiger charge is -2.15. The van der Waals surface area contributed by atoms with Gasteiger partial charge in [-0.05, 0) is 36.1 Å². The zero-order chi connectivity index (χ0) is 17.5. The Hall–Kier alpha value is -2.40. The summed E-state index contributed by atoms with van der Waals surface area (Å²) in [6.07, 6.45) is 2.43. The summed E-state index contributed by atoms with van der Waals surface area (Å²) in [5.41, 5.74) is 1.91. The third kappa shape index (κ3) is 4.55. The van der Waals surface area contributed by atoms with Crippen LogP contribution < -0.4 is 5.32 Å². The average molecular weight is 347 g/mol. The van der Waals surface area contributed by atoms with Gasteiger partial charge in [-0.15, -0.1) is 0 Å². The first-order valence-electron chi connectivity index (χ1n) is 7.69. The third-order valence-corrected chi connectivity index (χ3v) is 3.99. The van der Waals surface area contributed by atoms with Crippen molar-refractivity contribution in [1.29, 1.82) is 0 Å². The van der Waals surface area contributed by atoms with Gasteiger partial charge in [0.05, 0.1) is 5.56 Å². The maximum absolute atomic E-state index is 12.1. The molecule has 2 aromatic rings. The first kappa shape index (κ1) is 17.9. The van der Waals surface area contributed by atoms with Crippen LogP contribution >= 0.6 is 11.6 Å². The minimum atomic E-state index is -0.682. The van der Waals surface area contributed by atoms with Crippen LogP contribution in [0.1, 0.15) is 42.1 Å². The van der Waals surface area contributed by atoms with Crippen LogP contribution in [0.15, 0.2) is 42.6 Å². The summed E-state index contributed by atoms with van der Waals surface area (Å²) in [4.78, 5) is 27.8. The topological polar surface area (TPSA) is 68.3 Å². The summed E-state index contributed by atoms with van der Waals surface area (Å²) >= 11 is 5.82. The quantitative estimate of drug-likeness (QED) is 0.633. The van der Waals surface area contributed by atoms with Gasteiger partial charge < -0.3 is 10.1 Å². The number of nitrogens with one attached hydrogen (secondary N) is 1. The minimum absolute atomic E-state index is 0.0463. The molecule has 1 amide bonds. The highest BCUT2D eigenvalue weighted by atomic mass is 35.5. The van der Waals surface area contributed by atoms with Gasteiger partial charge in [0.25, 0.3) is 5.91 Å². The maximum atomic E-state index is 12.1. The van der Waals surface area contributed by atoms with E-state index in [0.717, 1.165) is 17.7 Å². The number of aromatic nitrogens is 1. The largest absolute Gasteiger partial charge is 0.452 e. The molecule has 6 heteroatoms. The molecule has 0 saturated heterocycles. The molecule has 1 aromatic carbocycles. The van der Waals surface area contributed by atoms with Crippen molar-refractivity contribution in [3.8, 4) is 0 Å². The molecular formula is C18H19ClN2O3. The number of carbonyl (C=O) groups is 2. The van der Waals surface area contributed by atoms with E-state index in [0.29, 0.717) is 5.92 Å². The smallest absolute Gasteiger partial charge is 0.341 e. The molecule has 126 valence electrons. The molecule has 24 heavy (non-hydrogen) atoms. The van der Waals surface area contributed by atoms with Crippen molar-refractivity contribution >= 4 is 29.2 Å². The number of halogens is 1. The van der Waals surface area contributed by atoms with E-state index < -0.39 is 11.9 Å². The summed E-state index contributed by atoms with van der Waals surface area (Å²) in [6.45, 7) is 3.79. The van der Waals surface area contributed by atoms with Crippen molar-refractivity contribution in [2.75, 3.05) is 11.9 Å². The number of hydrogen-bond donors (Lipinski definition) is 1. The number of hydrogen-bond acceptors (Lipinski definition) is 4. The number of carbonyl (C=O) groups excluding carboxylic acids is 2. The van der Waals surface area contributed by atoms with Gasteiger partial charge in [0.2, 0.25) is 0 Å². The van der Waals surface area contributed by atoms with Crippen LogP contribution in [-0.4, -0.2) is 23.5 Å². The Labute approximate surface area is 146 Å². The first-order valence-corrected chi connectivity index (χ1v) is 8.07. The van der Waals surface area contributed by atoms with Crippen LogP contribution in [0.2, 0.25) is 5.15 Å². The number of nitrogens with zero attached hydrogens (tertiary/aromatic N) is 1. The molecular weight excluding hydrogens is 328 g/mol. The van der Waals surface area contributed by atoms with Gasteiger partial charge in [-0.3, -0.25) is 4.79 Å². The van der Waals surface area contributed by atoms with Crippen LogP contribution in [0.3, 0.4) is 0 Å². The van der Waals surface area contributed by atoms with Gasteiger partial charge in [0, 0.05) is 11.9 Å². The van der Waals surface area contributed by atoms with Gasteiger partial charge in [-0.25, -0.2) is 9.78 Å².